The van der Waals surface area contributed by atoms with Crippen LogP contribution in [0, 0.1) is 0 Å². The molecule has 0 bridgehead atoms. The Morgan fingerprint density at radius 1 is 1.50 bits per heavy atom. The Morgan fingerprint density at radius 2 is 2.22 bits per heavy atom. The summed E-state index contributed by atoms with van der Waals surface area (Å²) in [5, 5.41) is 0.615. The van der Waals surface area contributed by atoms with Crippen molar-refractivity contribution in [3.05, 3.63) is 35.9 Å². The molecule has 2 rings (SSSR count). The molecule has 1 aliphatic heterocycles. The van der Waals surface area contributed by atoms with Gasteiger partial charge in [0.05, 0.1) is 0 Å². The van der Waals surface area contributed by atoms with Crippen molar-refractivity contribution in [3.8, 4) is 0 Å². The zero-order chi connectivity index (χ0) is 13.0. The van der Waals surface area contributed by atoms with Gasteiger partial charge >= 0.3 is 0 Å². The lowest BCUT2D eigenvalue weighted by Gasteiger charge is -2.36. The van der Waals surface area contributed by atoms with E-state index in [-0.39, 0.29) is 11.9 Å². The molecular formula is C14H20N2OS. The Hall–Kier alpha value is -1.00. The molecule has 1 heterocycles. The van der Waals surface area contributed by atoms with Gasteiger partial charge in [0.25, 0.3) is 0 Å². The molecule has 1 aromatic carbocycles. The quantitative estimate of drug-likeness (QED) is 0.905. The molecule has 0 aliphatic carbocycles. The van der Waals surface area contributed by atoms with Crippen molar-refractivity contribution < 1.29 is 4.79 Å². The molecule has 0 aromatic heterocycles. The van der Waals surface area contributed by atoms with Gasteiger partial charge in [-0.15, -0.1) is 0 Å². The van der Waals surface area contributed by atoms with Crippen LogP contribution >= 0.6 is 11.8 Å². The van der Waals surface area contributed by atoms with Gasteiger partial charge in [-0.2, -0.15) is 11.8 Å². The number of carbonyl (C=O) groups is 1. The van der Waals surface area contributed by atoms with Gasteiger partial charge in [-0.1, -0.05) is 37.3 Å². The number of thioether (sulfide) groups is 1. The van der Waals surface area contributed by atoms with E-state index in [1.807, 2.05) is 42.1 Å². The number of hydrogen-bond acceptors (Lipinski definition) is 3. The molecule has 3 nitrogen and oxygen atoms in total. The van der Waals surface area contributed by atoms with Crippen LogP contribution in [0.1, 0.15) is 24.9 Å². The Labute approximate surface area is 113 Å². The lowest BCUT2D eigenvalue weighted by molar-refractivity contribution is -0.123. The van der Waals surface area contributed by atoms with E-state index in [1.165, 1.54) is 0 Å². The Kier molecular flexibility index (Phi) is 4.66. The number of carbonyl (C=O) groups excluding carboxylic acids is 1. The fourth-order valence-corrected chi connectivity index (χ4v) is 3.62. The molecule has 2 atom stereocenters. The van der Waals surface area contributed by atoms with Crippen molar-refractivity contribution in [1.29, 1.82) is 0 Å². The SMILES string of the molecule is CC[C@H]1CN([C@@H](C(N)=O)c2ccccc2)CCS1. The number of nitrogens with zero attached hydrogens (tertiary/aromatic N) is 1. The average molecular weight is 264 g/mol. The summed E-state index contributed by atoms with van der Waals surface area (Å²) in [7, 11) is 0. The van der Waals surface area contributed by atoms with E-state index < -0.39 is 0 Å². The highest BCUT2D eigenvalue weighted by Gasteiger charge is 2.29. The maximum atomic E-state index is 11.8. The predicted octanol–water partition coefficient (Wildman–Crippen LogP) is 2.04. The highest BCUT2D eigenvalue weighted by atomic mass is 32.2. The Balaban J connectivity index is 2.18. The van der Waals surface area contributed by atoms with E-state index in [2.05, 4.69) is 11.8 Å². The average Bonchev–Trinajstić information content (AvgIpc) is 2.40. The number of hydrogen-bond donors (Lipinski definition) is 1. The van der Waals surface area contributed by atoms with Crippen LogP contribution in [0.5, 0.6) is 0 Å². The number of nitrogens with two attached hydrogens (primary N) is 1. The topological polar surface area (TPSA) is 46.3 Å². The minimum absolute atomic E-state index is 0.247. The van der Waals surface area contributed by atoms with Crippen LogP contribution in [0.3, 0.4) is 0 Å². The van der Waals surface area contributed by atoms with Crippen LogP contribution in [0.2, 0.25) is 0 Å². The third kappa shape index (κ3) is 3.06. The first-order valence-electron chi connectivity index (χ1n) is 6.42. The van der Waals surface area contributed by atoms with Crippen LogP contribution in [0.4, 0.5) is 0 Å². The molecule has 1 aliphatic rings. The van der Waals surface area contributed by atoms with Crippen molar-refractivity contribution in [2.75, 3.05) is 18.8 Å². The summed E-state index contributed by atoms with van der Waals surface area (Å²) in [6.07, 6.45) is 1.14. The first-order valence-corrected chi connectivity index (χ1v) is 7.47. The lowest BCUT2D eigenvalue weighted by Crippen LogP contribution is -2.45. The second-order valence-corrected chi connectivity index (χ2v) is 6.02. The van der Waals surface area contributed by atoms with Crippen LogP contribution in [0.15, 0.2) is 30.3 Å². The van der Waals surface area contributed by atoms with E-state index >= 15 is 0 Å². The predicted molar refractivity (Wildman–Crippen MR) is 76.5 cm³/mol. The van der Waals surface area contributed by atoms with E-state index in [9.17, 15) is 4.79 Å². The fourth-order valence-electron chi connectivity index (χ4n) is 2.41. The lowest BCUT2D eigenvalue weighted by atomic mass is 10.0. The fraction of sp³-hybridized carbons (Fsp3) is 0.500. The second kappa shape index (κ2) is 6.25. The van der Waals surface area contributed by atoms with E-state index in [1.54, 1.807) is 0 Å². The highest BCUT2D eigenvalue weighted by Crippen LogP contribution is 2.28. The molecule has 1 fully saturated rings. The van der Waals surface area contributed by atoms with Gasteiger partial charge in [-0.05, 0) is 12.0 Å². The monoisotopic (exact) mass is 264 g/mol. The summed E-state index contributed by atoms with van der Waals surface area (Å²) in [4.78, 5) is 14.0. The van der Waals surface area contributed by atoms with Crippen LogP contribution in [-0.2, 0) is 4.79 Å². The molecule has 98 valence electrons. The summed E-state index contributed by atoms with van der Waals surface area (Å²) < 4.78 is 0. The molecule has 0 saturated carbocycles. The normalized spacial score (nSPS) is 22.6. The smallest absolute Gasteiger partial charge is 0.239 e. The zero-order valence-electron chi connectivity index (χ0n) is 10.7. The minimum atomic E-state index is -0.277. The van der Waals surface area contributed by atoms with Gasteiger partial charge in [0.1, 0.15) is 6.04 Å². The summed E-state index contributed by atoms with van der Waals surface area (Å²) >= 11 is 2.00. The molecule has 18 heavy (non-hydrogen) atoms. The van der Waals surface area contributed by atoms with Crippen LogP contribution in [0.25, 0.3) is 0 Å². The molecule has 1 saturated heterocycles. The summed E-state index contributed by atoms with van der Waals surface area (Å²) in [6.45, 7) is 4.08. The van der Waals surface area contributed by atoms with E-state index in [4.69, 9.17) is 5.73 Å². The van der Waals surface area contributed by atoms with Crippen LogP contribution in [-0.4, -0.2) is 34.9 Å². The third-order valence-corrected chi connectivity index (χ3v) is 4.75. The molecule has 0 radical (unpaired) electrons. The first-order chi connectivity index (χ1) is 8.72. The maximum absolute atomic E-state index is 11.8. The molecule has 1 aromatic rings. The number of primary amides is 1. The standard InChI is InChI=1S/C14H20N2OS/c1-2-12-10-16(8-9-18-12)13(14(15)17)11-6-4-3-5-7-11/h3-7,12-13H,2,8-10H2,1H3,(H2,15,17)/t12-,13+/m0/s1. The molecule has 4 heteroatoms. The molecule has 0 spiro atoms. The number of rotatable bonds is 4. The molecule has 1 amide bonds. The summed E-state index contributed by atoms with van der Waals surface area (Å²) in [6, 6.07) is 9.57. The van der Waals surface area contributed by atoms with Crippen molar-refractivity contribution in [2.24, 2.45) is 5.73 Å². The Morgan fingerprint density at radius 3 is 2.83 bits per heavy atom. The van der Waals surface area contributed by atoms with E-state index in [0.29, 0.717) is 5.25 Å². The summed E-state index contributed by atoms with van der Waals surface area (Å²) in [5.74, 6) is 0.831. The van der Waals surface area contributed by atoms with Crippen molar-refractivity contribution >= 4 is 17.7 Å². The molecule has 0 unspecified atom stereocenters. The van der Waals surface area contributed by atoms with Gasteiger partial charge in [0.2, 0.25) is 5.91 Å². The highest BCUT2D eigenvalue weighted by molar-refractivity contribution is 8.00. The number of benzene rings is 1. The van der Waals surface area contributed by atoms with Gasteiger partial charge in [-0.3, -0.25) is 9.69 Å². The maximum Gasteiger partial charge on any atom is 0.239 e. The number of amides is 1. The minimum Gasteiger partial charge on any atom is -0.368 e. The van der Waals surface area contributed by atoms with Crippen LogP contribution < -0.4 is 5.73 Å². The molecule has 2 N–H and O–H groups in total. The second-order valence-electron chi connectivity index (χ2n) is 4.61. The van der Waals surface area contributed by atoms with Gasteiger partial charge < -0.3 is 5.73 Å². The largest absolute Gasteiger partial charge is 0.368 e. The third-order valence-electron chi connectivity index (χ3n) is 3.38. The van der Waals surface area contributed by atoms with Crippen molar-refractivity contribution in [3.63, 3.8) is 0 Å². The van der Waals surface area contributed by atoms with Crippen molar-refractivity contribution in [1.82, 2.24) is 4.90 Å². The van der Waals surface area contributed by atoms with E-state index in [0.717, 1.165) is 30.8 Å². The Bertz CT molecular complexity index is 396. The molecular weight excluding hydrogens is 244 g/mol. The van der Waals surface area contributed by atoms with Gasteiger partial charge in [-0.25, -0.2) is 0 Å². The summed E-state index contributed by atoms with van der Waals surface area (Å²) in [5.41, 5.74) is 6.61. The first kappa shape index (κ1) is 13.4. The zero-order valence-corrected chi connectivity index (χ0v) is 11.5. The van der Waals surface area contributed by atoms with Crippen molar-refractivity contribution in [2.45, 2.75) is 24.6 Å². The van der Waals surface area contributed by atoms with Gasteiger partial charge in [0, 0.05) is 24.1 Å². The van der Waals surface area contributed by atoms with Gasteiger partial charge in [0.15, 0.2) is 0 Å².